The molecule has 6 rings (SSSR count). The van der Waals surface area contributed by atoms with Crippen molar-refractivity contribution in [2.45, 2.75) is 85.6 Å². The number of rotatable bonds is 2. The molecule has 0 radical (unpaired) electrons. The number of ether oxygens (including phenoxy) is 4. The summed E-state index contributed by atoms with van der Waals surface area (Å²) in [5.41, 5.74) is -0.749. The Morgan fingerprint density at radius 1 is 1.02 bits per heavy atom. The fourth-order valence-corrected chi connectivity index (χ4v) is 8.29. The van der Waals surface area contributed by atoms with Crippen molar-refractivity contribution in [2.24, 2.45) is 23.7 Å². The minimum atomic E-state index is -2.05. The van der Waals surface area contributed by atoms with Crippen LogP contribution in [0.3, 0.4) is 0 Å². The van der Waals surface area contributed by atoms with Crippen LogP contribution in [0.1, 0.15) is 64.4 Å². The molecule has 14 nitrogen and oxygen atoms in total. The lowest BCUT2D eigenvalue weighted by Gasteiger charge is -2.38. The number of aliphatic hydroxyl groups excluding tert-OH is 2. The number of halogens is 2. The number of carbonyl (C=O) groups excluding carboxylic acids is 3. The maximum atomic E-state index is 14.6. The molecule has 0 unspecified atom stereocenters. The standard InChI is InChI=1S/C43H46BrClN2O12/c1-17-11-10-12-18(2)42(54)47-33-37(52)30-29(32-40(33)58-28-15-24(44)25(45)16-26(28)46-32)31-39(22(6)36(30)51)59-43(8,41(31)53)56-14-13-27(55-9)19(3)38(57-23(7)48)21(5)35(50)20(4)34(17)49/h10-17,19-21,27,34-35,38,49-50,52H,1-9H3,(H,47,54)/b11-10+,14-13+,18-12-/t17-,19+,20+,21+,27-,34-,35+,38+,43-/m0/s1. The van der Waals surface area contributed by atoms with E-state index in [-0.39, 0.29) is 61.1 Å². The number of nitrogens with zero attached hydrogens (tertiary/aromatic N) is 1. The van der Waals surface area contributed by atoms with E-state index < -0.39 is 82.7 Å². The normalized spacial score (nSPS) is 30.2. The summed E-state index contributed by atoms with van der Waals surface area (Å²) in [6.07, 6.45) is 3.54. The molecule has 1 amide bonds. The third-order valence-corrected chi connectivity index (χ3v) is 12.6. The molecule has 0 saturated carbocycles. The summed E-state index contributed by atoms with van der Waals surface area (Å²) < 4.78 is 30.5. The van der Waals surface area contributed by atoms with Crippen LogP contribution in [0.25, 0.3) is 33.0 Å². The van der Waals surface area contributed by atoms with Gasteiger partial charge < -0.3 is 44.0 Å². The number of carbonyl (C=O) groups is 3. The number of allylic oxidation sites excluding steroid dienone is 2. The van der Waals surface area contributed by atoms with Gasteiger partial charge in [0.25, 0.3) is 11.7 Å². The van der Waals surface area contributed by atoms with Crippen molar-refractivity contribution in [1.29, 1.82) is 0 Å². The van der Waals surface area contributed by atoms with Crippen LogP contribution in [0.4, 0.5) is 5.69 Å². The number of ketones is 1. The summed E-state index contributed by atoms with van der Waals surface area (Å²) in [5.74, 6) is -7.32. The fraction of sp³-hybridized carbons (Fsp3) is 0.419. The number of anilines is 1. The van der Waals surface area contributed by atoms with Crippen LogP contribution in [-0.2, 0) is 23.8 Å². The number of phenols is 1. The van der Waals surface area contributed by atoms with Gasteiger partial charge in [-0.05, 0) is 48.0 Å². The lowest BCUT2D eigenvalue weighted by Crippen LogP contribution is -2.46. The molecule has 0 fully saturated rings. The zero-order chi connectivity index (χ0) is 43.4. The van der Waals surface area contributed by atoms with Gasteiger partial charge in [-0.25, -0.2) is 4.98 Å². The monoisotopic (exact) mass is 896 g/mol. The van der Waals surface area contributed by atoms with Crippen molar-refractivity contribution < 1.29 is 53.1 Å². The van der Waals surface area contributed by atoms with Gasteiger partial charge in [-0.1, -0.05) is 57.5 Å². The molecule has 4 N–H and O–H groups in total. The van der Waals surface area contributed by atoms with Crippen molar-refractivity contribution in [1.82, 2.24) is 4.98 Å². The highest BCUT2D eigenvalue weighted by Crippen LogP contribution is 2.48. The average molecular weight is 898 g/mol. The second kappa shape index (κ2) is 16.7. The number of phenolic OH excluding ortho intramolecular Hbond substituents is 1. The first-order valence-electron chi connectivity index (χ1n) is 19.0. The topological polar surface area (TPSA) is 204 Å². The van der Waals surface area contributed by atoms with Gasteiger partial charge in [-0.15, -0.1) is 0 Å². The van der Waals surface area contributed by atoms with Crippen molar-refractivity contribution in [2.75, 3.05) is 12.4 Å². The van der Waals surface area contributed by atoms with Crippen molar-refractivity contribution in [3.8, 4) is 11.5 Å². The molecule has 0 spiro atoms. The van der Waals surface area contributed by atoms with Crippen molar-refractivity contribution >= 4 is 83.8 Å². The second-order valence-electron chi connectivity index (χ2n) is 15.5. The summed E-state index contributed by atoms with van der Waals surface area (Å²) in [7, 11) is 1.44. The van der Waals surface area contributed by atoms with Gasteiger partial charge in [0.15, 0.2) is 22.3 Å². The molecule has 2 aliphatic rings. The first-order valence-corrected chi connectivity index (χ1v) is 20.1. The molecule has 0 saturated heterocycles. The van der Waals surface area contributed by atoms with E-state index in [0.29, 0.717) is 9.50 Å². The van der Waals surface area contributed by atoms with E-state index in [2.05, 4.69) is 21.2 Å². The van der Waals surface area contributed by atoms with E-state index in [1.54, 1.807) is 45.9 Å². The number of nitrogens with one attached hydrogen (secondary N) is 1. The van der Waals surface area contributed by atoms with Gasteiger partial charge in [-0.3, -0.25) is 19.2 Å². The Hall–Kier alpha value is -4.80. The number of Topliss-reactive ketones (excluding diaryl/α,β-unsaturated/α-hetero) is 1. The van der Waals surface area contributed by atoms with Crippen LogP contribution in [0.15, 0.2) is 62.0 Å². The molecule has 9 atom stereocenters. The molecule has 2 aliphatic heterocycles. The lowest BCUT2D eigenvalue weighted by molar-refractivity contribution is -0.160. The number of aromatic nitrogens is 1. The number of esters is 1. The number of hydrogen-bond donors (Lipinski definition) is 4. The lowest BCUT2D eigenvalue weighted by atomic mass is 9.78. The highest BCUT2D eigenvalue weighted by molar-refractivity contribution is 9.10. The molecule has 16 heteroatoms. The number of benzene rings is 3. The summed E-state index contributed by atoms with van der Waals surface area (Å²) >= 11 is 9.81. The zero-order valence-corrected chi connectivity index (χ0v) is 36.2. The van der Waals surface area contributed by atoms with Gasteiger partial charge in [-0.2, -0.15) is 0 Å². The van der Waals surface area contributed by atoms with Crippen LogP contribution in [-0.4, -0.2) is 75.3 Å². The number of methoxy groups -OCH3 is 1. The van der Waals surface area contributed by atoms with Crippen LogP contribution >= 0.6 is 27.5 Å². The van der Waals surface area contributed by atoms with Gasteiger partial charge in [0.1, 0.15) is 28.6 Å². The molecular formula is C43H46BrClN2O12. The predicted octanol–water partition coefficient (Wildman–Crippen LogP) is 7.41. The Labute approximate surface area is 352 Å². The third kappa shape index (κ3) is 7.86. The fourth-order valence-electron chi connectivity index (χ4n) is 7.80. The van der Waals surface area contributed by atoms with Gasteiger partial charge in [0, 0.05) is 65.6 Å². The van der Waals surface area contributed by atoms with E-state index in [1.807, 2.05) is 0 Å². The Morgan fingerprint density at radius 2 is 1.71 bits per heavy atom. The molecule has 1 aromatic heterocycles. The quantitative estimate of drug-likeness (QED) is 0.0671. The number of fused-ring (bicyclic) bond motifs is 2. The SMILES string of the molecule is CO[C@H]1/C=C/O[C@@]2(C)Oc3c(C)c(=O)c4c(O)c(c5oc6cc(Br)c(Cl)cc6nc5c4c3C2=O)NC(=O)/C(C)=C\C=C\[C@H](C)[C@H](O)[C@@H](C)[C@@H](O)[C@@H](C)[C@H](OC(C)=O)[C@@H]1C. The van der Waals surface area contributed by atoms with E-state index in [1.165, 1.54) is 59.3 Å². The molecule has 3 heterocycles. The number of aliphatic hydroxyl groups is 2. The first kappa shape index (κ1) is 43.8. The average Bonchev–Trinajstić information content (AvgIpc) is 3.45. The summed E-state index contributed by atoms with van der Waals surface area (Å²) in [5, 5.41) is 37.4. The van der Waals surface area contributed by atoms with E-state index in [0.717, 1.165) is 0 Å². The largest absolute Gasteiger partial charge is 0.505 e. The first-order chi connectivity index (χ1) is 27.7. The predicted molar refractivity (Wildman–Crippen MR) is 225 cm³/mol. The van der Waals surface area contributed by atoms with Gasteiger partial charge in [0.05, 0.1) is 40.5 Å². The molecular weight excluding hydrogens is 852 g/mol. The minimum Gasteiger partial charge on any atom is -0.505 e. The van der Waals surface area contributed by atoms with Crippen LogP contribution in [0, 0.1) is 30.6 Å². The van der Waals surface area contributed by atoms with Gasteiger partial charge in [0.2, 0.25) is 0 Å². The van der Waals surface area contributed by atoms with E-state index >= 15 is 0 Å². The highest BCUT2D eigenvalue weighted by Gasteiger charge is 2.49. The maximum Gasteiger partial charge on any atom is 0.312 e. The molecule has 3 aromatic carbocycles. The van der Waals surface area contributed by atoms with E-state index in [4.69, 9.17) is 39.9 Å². The van der Waals surface area contributed by atoms with Crippen LogP contribution in [0.5, 0.6) is 11.5 Å². The molecule has 314 valence electrons. The second-order valence-corrected chi connectivity index (χ2v) is 16.7. The highest BCUT2D eigenvalue weighted by atomic mass is 79.9. The van der Waals surface area contributed by atoms with Crippen molar-refractivity contribution in [3.05, 3.63) is 79.1 Å². The summed E-state index contributed by atoms with van der Waals surface area (Å²) in [6.45, 7) is 12.5. The van der Waals surface area contributed by atoms with Crippen molar-refractivity contribution in [3.63, 3.8) is 0 Å². The number of aromatic hydroxyl groups is 1. The summed E-state index contributed by atoms with van der Waals surface area (Å²) in [6, 6.07) is 3.07. The maximum absolute atomic E-state index is 14.6. The van der Waals surface area contributed by atoms with Gasteiger partial charge >= 0.3 is 11.8 Å². The Kier molecular flexibility index (Phi) is 12.4. The number of amides is 1. The Balaban J connectivity index is 1.60. The number of hydrogen-bond acceptors (Lipinski definition) is 13. The van der Waals surface area contributed by atoms with Crippen LogP contribution in [0.2, 0.25) is 5.02 Å². The molecule has 59 heavy (non-hydrogen) atoms. The van der Waals surface area contributed by atoms with Crippen LogP contribution < -0.4 is 15.5 Å². The third-order valence-electron chi connectivity index (χ3n) is 11.4. The molecule has 4 bridgehead atoms. The smallest absolute Gasteiger partial charge is 0.312 e. The zero-order valence-electron chi connectivity index (χ0n) is 33.9. The molecule has 4 aromatic rings. The Morgan fingerprint density at radius 3 is 2.37 bits per heavy atom. The minimum absolute atomic E-state index is 0.0220. The van der Waals surface area contributed by atoms with E-state index in [9.17, 15) is 34.5 Å². The summed E-state index contributed by atoms with van der Waals surface area (Å²) in [4.78, 5) is 59.7. The Bertz CT molecular complexity index is 2550. The molecule has 0 aliphatic carbocycles.